The van der Waals surface area contributed by atoms with Crippen LogP contribution >= 0.6 is 11.6 Å². The van der Waals surface area contributed by atoms with E-state index in [2.05, 4.69) is 36.7 Å². The second kappa shape index (κ2) is 9.28. The Kier molecular flexibility index (Phi) is 6.52. The number of rotatable bonds is 6. The van der Waals surface area contributed by atoms with E-state index in [-0.39, 0.29) is 6.61 Å². The van der Waals surface area contributed by atoms with Crippen LogP contribution in [-0.2, 0) is 12.5 Å². The lowest BCUT2D eigenvalue weighted by atomic mass is 9.98. The van der Waals surface area contributed by atoms with Gasteiger partial charge in [-0.3, -0.25) is 9.58 Å². The third kappa shape index (κ3) is 4.49. The van der Waals surface area contributed by atoms with Crippen LogP contribution in [0.2, 0.25) is 0 Å². The Labute approximate surface area is 177 Å². The molecule has 2 aliphatic heterocycles. The molecule has 0 bridgehead atoms. The zero-order chi connectivity index (χ0) is 20.2. The monoisotopic (exact) mass is 419 g/mol. The number of halogens is 1. The topological polar surface area (TPSA) is 73.6 Å². The minimum atomic E-state index is 0.284. The molecule has 2 saturated heterocycles. The van der Waals surface area contributed by atoms with Crippen molar-refractivity contribution in [3.8, 4) is 0 Å². The molecule has 0 spiro atoms. The van der Waals surface area contributed by atoms with Crippen LogP contribution in [0.1, 0.15) is 24.1 Å². The molecule has 4 heterocycles. The molecule has 1 N–H and O–H groups in total. The molecule has 158 valence electrons. The van der Waals surface area contributed by atoms with Crippen molar-refractivity contribution in [1.29, 1.82) is 0 Å². The van der Waals surface area contributed by atoms with E-state index >= 15 is 0 Å². The summed E-state index contributed by atoms with van der Waals surface area (Å²) in [5.41, 5.74) is 2.39. The van der Waals surface area contributed by atoms with Crippen LogP contribution in [0.4, 0.5) is 11.6 Å². The maximum absolute atomic E-state index is 9.40. The molecule has 9 heteroatoms. The van der Waals surface area contributed by atoms with Gasteiger partial charge in [0.2, 0.25) is 0 Å². The minimum absolute atomic E-state index is 0.284. The van der Waals surface area contributed by atoms with Crippen molar-refractivity contribution >= 4 is 23.2 Å². The van der Waals surface area contributed by atoms with E-state index < -0.39 is 0 Å². The van der Waals surface area contributed by atoms with Crippen LogP contribution in [0.5, 0.6) is 0 Å². The Hall–Kier alpha value is -1.90. The molecule has 2 aliphatic rings. The van der Waals surface area contributed by atoms with Gasteiger partial charge in [0.05, 0.1) is 6.20 Å². The first-order chi connectivity index (χ1) is 14.2. The van der Waals surface area contributed by atoms with Crippen molar-refractivity contribution in [3.05, 3.63) is 29.8 Å². The summed E-state index contributed by atoms with van der Waals surface area (Å²) in [5, 5.41) is 13.7. The van der Waals surface area contributed by atoms with Crippen LogP contribution in [0.15, 0.2) is 18.6 Å². The van der Waals surface area contributed by atoms with Crippen molar-refractivity contribution in [1.82, 2.24) is 24.6 Å². The zero-order valence-corrected chi connectivity index (χ0v) is 17.8. The largest absolute Gasteiger partial charge is 0.396 e. The van der Waals surface area contributed by atoms with Gasteiger partial charge in [-0.25, -0.2) is 9.97 Å². The first-order valence-corrected chi connectivity index (χ1v) is 10.9. The van der Waals surface area contributed by atoms with E-state index in [0.29, 0.717) is 11.9 Å². The van der Waals surface area contributed by atoms with Crippen LogP contribution in [0.3, 0.4) is 0 Å². The van der Waals surface area contributed by atoms with E-state index in [9.17, 15) is 5.11 Å². The number of nitrogens with zero attached hydrogens (tertiary/aromatic N) is 7. The molecular weight excluding hydrogens is 390 g/mol. The highest BCUT2D eigenvalue weighted by Gasteiger charge is 2.26. The van der Waals surface area contributed by atoms with Crippen LogP contribution in [0.25, 0.3) is 0 Å². The lowest BCUT2D eigenvalue weighted by Crippen LogP contribution is -2.47. The number of alkyl halides is 1. The van der Waals surface area contributed by atoms with E-state index in [1.165, 1.54) is 5.56 Å². The minimum Gasteiger partial charge on any atom is -0.396 e. The molecule has 4 rings (SSSR count). The summed E-state index contributed by atoms with van der Waals surface area (Å²) >= 11 is 5.92. The Morgan fingerprint density at radius 1 is 1.00 bits per heavy atom. The molecule has 0 aromatic carbocycles. The molecule has 0 amide bonds. The summed E-state index contributed by atoms with van der Waals surface area (Å²) in [4.78, 5) is 16.5. The molecule has 0 atom stereocenters. The van der Waals surface area contributed by atoms with Crippen molar-refractivity contribution < 1.29 is 5.11 Å². The van der Waals surface area contributed by atoms with Crippen LogP contribution in [-0.4, -0.2) is 75.6 Å². The summed E-state index contributed by atoms with van der Waals surface area (Å²) in [7, 11) is 0. The second-order valence-electron chi connectivity index (χ2n) is 7.95. The van der Waals surface area contributed by atoms with E-state index in [1.54, 1.807) is 12.4 Å². The van der Waals surface area contributed by atoms with Crippen molar-refractivity contribution in [2.24, 2.45) is 5.92 Å². The lowest BCUT2D eigenvalue weighted by molar-refractivity contribution is 0.202. The maximum atomic E-state index is 9.40. The Bertz CT molecular complexity index is 798. The summed E-state index contributed by atoms with van der Waals surface area (Å²) in [5.74, 6) is 2.39. The number of aliphatic hydroxyl groups is 1. The van der Waals surface area contributed by atoms with Gasteiger partial charge in [0.25, 0.3) is 0 Å². The fourth-order valence-corrected chi connectivity index (χ4v) is 4.46. The number of anilines is 2. The molecule has 0 radical (unpaired) electrons. The fourth-order valence-electron chi connectivity index (χ4n) is 4.22. The molecule has 0 unspecified atom stereocenters. The molecule has 2 aromatic heterocycles. The quantitative estimate of drug-likeness (QED) is 0.714. The first kappa shape index (κ1) is 20.4. The first-order valence-electron chi connectivity index (χ1n) is 10.4. The zero-order valence-electron chi connectivity index (χ0n) is 17.0. The third-order valence-corrected chi connectivity index (χ3v) is 6.44. The highest BCUT2D eigenvalue weighted by molar-refractivity contribution is 6.15. The van der Waals surface area contributed by atoms with E-state index in [0.717, 1.165) is 76.0 Å². The van der Waals surface area contributed by atoms with Gasteiger partial charge in [0.1, 0.15) is 6.00 Å². The standard InChI is InChI=1S/C20H30ClN7O/c1-16-18(12-24-28(16)15-21)13-25-8-10-27(11-9-25)20-19(22-4-5-23-20)26-6-2-17(14-29)3-7-26/h4-5,12,17,29H,2-3,6-11,13-15H2,1H3. The highest BCUT2D eigenvalue weighted by atomic mass is 35.5. The van der Waals surface area contributed by atoms with Gasteiger partial charge in [0.15, 0.2) is 11.6 Å². The summed E-state index contributed by atoms with van der Waals surface area (Å²) in [6, 6.07) is 0.393. The number of aliphatic hydroxyl groups excluding tert-OH is 1. The predicted molar refractivity (Wildman–Crippen MR) is 114 cm³/mol. The smallest absolute Gasteiger partial charge is 0.172 e. The van der Waals surface area contributed by atoms with Crippen molar-refractivity contribution in [3.63, 3.8) is 0 Å². The molecule has 29 heavy (non-hydrogen) atoms. The van der Waals surface area contributed by atoms with Crippen molar-refractivity contribution in [2.45, 2.75) is 32.3 Å². The van der Waals surface area contributed by atoms with Crippen LogP contribution in [0, 0.1) is 12.8 Å². The van der Waals surface area contributed by atoms with Gasteiger partial charge < -0.3 is 14.9 Å². The number of piperazine rings is 1. The highest BCUT2D eigenvalue weighted by Crippen LogP contribution is 2.29. The van der Waals surface area contributed by atoms with Crippen molar-refractivity contribution in [2.75, 3.05) is 55.7 Å². The SMILES string of the molecule is Cc1c(CN2CCN(c3nccnc3N3CCC(CO)CC3)CC2)cnn1CCl. The Morgan fingerprint density at radius 2 is 1.62 bits per heavy atom. The molecule has 0 aliphatic carbocycles. The van der Waals surface area contributed by atoms with Crippen LogP contribution < -0.4 is 9.80 Å². The molecule has 8 nitrogen and oxygen atoms in total. The van der Waals surface area contributed by atoms with Gasteiger partial charge in [-0.1, -0.05) is 0 Å². The normalized spacial score (nSPS) is 19.1. The van der Waals surface area contributed by atoms with Gasteiger partial charge in [-0.15, -0.1) is 11.6 Å². The predicted octanol–water partition coefficient (Wildman–Crippen LogP) is 1.71. The molecule has 2 aromatic rings. The number of piperidine rings is 1. The van der Waals surface area contributed by atoms with Gasteiger partial charge in [-0.2, -0.15) is 5.10 Å². The summed E-state index contributed by atoms with van der Waals surface area (Å²) < 4.78 is 1.83. The number of hydrogen-bond donors (Lipinski definition) is 1. The van der Waals surface area contributed by atoms with E-state index in [1.807, 2.05) is 10.9 Å². The average Bonchev–Trinajstić information content (AvgIpc) is 3.13. The summed E-state index contributed by atoms with van der Waals surface area (Å²) in [6.07, 6.45) is 7.52. The average molecular weight is 420 g/mol. The van der Waals surface area contributed by atoms with Gasteiger partial charge >= 0.3 is 0 Å². The lowest BCUT2D eigenvalue weighted by Gasteiger charge is -2.38. The molecule has 2 fully saturated rings. The van der Waals surface area contributed by atoms with Gasteiger partial charge in [-0.05, 0) is 25.7 Å². The van der Waals surface area contributed by atoms with Gasteiger partial charge in [0, 0.05) is 76.1 Å². The Morgan fingerprint density at radius 3 is 2.17 bits per heavy atom. The second-order valence-corrected chi connectivity index (χ2v) is 8.19. The van der Waals surface area contributed by atoms with E-state index in [4.69, 9.17) is 11.6 Å². The maximum Gasteiger partial charge on any atom is 0.172 e. The number of hydrogen-bond acceptors (Lipinski definition) is 7. The molecule has 0 saturated carbocycles. The number of aromatic nitrogens is 4. The molecular formula is C20H30ClN7O. The summed E-state index contributed by atoms with van der Waals surface area (Å²) in [6.45, 7) is 8.95. The Balaban J connectivity index is 1.38. The third-order valence-electron chi connectivity index (χ3n) is 6.22. The fraction of sp³-hybridized carbons (Fsp3) is 0.650.